The van der Waals surface area contributed by atoms with Gasteiger partial charge in [0.1, 0.15) is 5.69 Å². The number of carbonyl (C=O) groups excluding carboxylic acids is 1. The molecular formula is C13H15NO2Si. The Morgan fingerprint density at radius 1 is 1.12 bits per heavy atom. The Morgan fingerprint density at radius 2 is 1.82 bits per heavy atom. The molecule has 0 atom stereocenters. The lowest BCUT2D eigenvalue weighted by Crippen LogP contribution is -2.29. The van der Waals surface area contributed by atoms with Crippen molar-refractivity contribution < 1.29 is 9.22 Å². The van der Waals surface area contributed by atoms with Gasteiger partial charge in [0.05, 0.1) is 5.52 Å². The molecule has 0 fully saturated rings. The van der Waals surface area contributed by atoms with Crippen molar-refractivity contribution in [2.75, 3.05) is 0 Å². The van der Waals surface area contributed by atoms with E-state index in [-0.39, 0.29) is 5.97 Å². The number of rotatable bonds is 2. The van der Waals surface area contributed by atoms with E-state index in [4.69, 9.17) is 4.43 Å². The van der Waals surface area contributed by atoms with Crippen molar-refractivity contribution in [2.45, 2.75) is 19.6 Å². The van der Waals surface area contributed by atoms with Gasteiger partial charge in [-0.2, -0.15) is 0 Å². The number of aromatic nitrogens is 1. The van der Waals surface area contributed by atoms with Gasteiger partial charge in [-0.05, 0) is 31.8 Å². The lowest BCUT2D eigenvalue weighted by atomic mass is 10.2. The fourth-order valence-corrected chi connectivity index (χ4v) is 2.17. The van der Waals surface area contributed by atoms with Crippen molar-refractivity contribution in [3.8, 4) is 0 Å². The Labute approximate surface area is 102 Å². The summed E-state index contributed by atoms with van der Waals surface area (Å²) in [5.74, 6) is -0.324. The van der Waals surface area contributed by atoms with Crippen LogP contribution in [0, 0.1) is 0 Å². The molecule has 2 aromatic rings. The SMILES string of the molecule is C[Si](C)(C)OC(=O)c1ccc2ccccc2n1. The molecule has 3 nitrogen and oxygen atoms in total. The number of hydrogen-bond acceptors (Lipinski definition) is 3. The van der Waals surface area contributed by atoms with Gasteiger partial charge in [-0.25, -0.2) is 9.78 Å². The van der Waals surface area contributed by atoms with Crippen molar-refractivity contribution in [1.82, 2.24) is 4.98 Å². The third kappa shape index (κ3) is 2.91. The van der Waals surface area contributed by atoms with Crippen molar-refractivity contribution in [3.05, 3.63) is 42.1 Å². The van der Waals surface area contributed by atoms with Gasteiger partial charge in [0.25, 0.3) is 0 Å². The number of carbonyl (C=O) groups is 1. The molecule has 88 valence electrons. The van der Waals surface area contributed by atoms with Gasteiger partial charge in [-0.1, -0.05) is 24.3 Å². The zero-order chi connectivity index (χ0) is 12.5. The summed E-state index contributed by atoms with van der Waals surface area (Å²) in [4.78, 5) is 16.2. The summed E-state index contributed by atoms with van der Waals surface area (Å²) in [5, 5.41) is 1.03. The predicted molar refractivity (Wildman–Crippen MR) is 70.5 cm³/mol. The van der Waals surface area contributed by atoms with Crippen LogP contribution in [-0.2, 0) is 4.43 Å². The minimum atomic E-state index is -1.86. The molecule has 0 spiro atoms. The first-order valence-corrected chi connectivity index (χ1v) is 8.96. The lowest BCUT2D eigenvalue weighted by molar-refractivity contribution is 0.0719. The predicted octanol–water partition coefficient (Wildman–Crippen LogP) is 3.23. The number of hydrogen-bond donors (Lipinski definition) is 0. The molecule has 0 bridgehead atoms. The molecule has 0 saturated carbocycles. The Bertz CT molecular complexity index is 561. The molecule has 0 unspecified atom stereocenters. The second kappa shape index (κ2) is 4.29. The van der Waals surface area contributed by atoms with Crippen molar-refractivity contribution >= 4 is 25.2 Å². The maximum atomic E-state index is 11.9. The minimum Gasteiger partial charge on any atom is -0.515 e. The first-order valence-electron chi connectivity index (χ1n) is 5.55. The zero-order valence-electron chi connectivity index (χ0n) is 10.2. The number of fused-ring (bicyclic) bond motifs is 1. The first-order chi connectivity index (χ1) is 7.96. The van der Waals surface area contributed by atoms with E-state index >= 15 is 0 Å². The summed E-state index contributed by atoms with van der Waals surface area (Å²) in [6.07, 6.45) is 0. The first kappa shape index (κ1) is 11.8. The van der Waals surface area contributed by atoms with Crippen LogP contribution >= 0.6 is 0 Å². The van der Waals surface area contributed by atoms with Gasteiger partial charge in [-0.15, -0.1) is 0 Å². The Kier molecular flexibility index (Phi) is 2.98. The number of pyridine rings is 1. The van der Waals surface area contributed by atoms with Crippen molar-refractivity contribution in [3.63, 3.8) is 0 Å². The minimum absolute atomic E-state index is 0.324. The van der Waals surface area contributed by atoms with Gasteiger partial charge in [0.2, 0.25) is 8.32 Å². The van der Waals surface area contributed by atoms with E-state index in [1.807, 2.05) is 50.0 Å². The second-order valence-electron chi connectivity index (χ2n) is 4.89. The normalized spacial score (nSPS) is 11.5. The molecule has 2 rings (SSSR count). The third-order valence-corrected chi connectivity index (χ3v) is 3.00. The molecule has 0 radical (unpaired) electrons. The average Bonchev–Trinajstić information content (AvgIpc) is 2.26. The van der Waals surface area contributed by atoms with Crippen LogP contribution < -0.4 is 0 Å². The fourth-order valence-electron chi connectivity index (χ4n) is 1.51. The third-order valence-electron chi connectivity index (χ3n) is 2.21. The van der Waals surface area contributed by atoms with Gasteiger partial charge >= 0.3 is 5.97 Å². The molecule has 1 aromatic heterocycles. The largest absolute Gasteiger partial charge is 0.515 e. The van der Waals surface area contributed by atoms with Crippen LogP contribution in [0.3, 0.4) is 0 Å². The molecule has 0 aliphatic heterocycles. The summed E-state index contributed by atoms with van der Waals surface area (Å²) < 4.78 is 5.41. The Balaban J connectivity index is 2.33. The molecule has 0 N–H and O–H groups in total. The van der Waals surface area contributed by atoms with E-state index in [1.165, 1.54) is 0 Å². The number of nitrogens with zero attached hydrogens (tertiary/aromatic N) is 1. The van der Waals surface area contributed by atoms with Crippen molar-refractivity contribution in [2.24, 2.45) is 0 Å². The lowest BCUT2D eigenvalue weighted by Gasteiger charge is -2.16. The molecule has 0 amide bonds. The van der Waals surface area contributed by atoms with Gasteiger partial charge < -0.3 is 4.43 Å². The average molecular weight is 245 g/mol. The highest BCUT2D eigenvalue weighted by atomic mass is 28.4. The topological polar surface area (TPSA) is 39.2 Å². The standard InChI is InChI=1S/C13H15NO2Si/c1-17(2,3)16-13(15)12-9-8-10-6-4-5-7-11(10)14-12/h4-9H,1-3H3. The highest BCUT2D eigenvalue weighted by Gasteiger charge is 2.21. The summed E-state index contributed by atoms with van der Waals surface area (Å²) in [5.41, 5.74) is 1.20. The molecular weight excluding hydrogens is 230 g/mol. The van der Waals surface area contributed by atoms with E-state index < -0.39 is 8.32 Å². The summed E-state index contributed by atoms with van der Waals surface area (Å²) >= 11 is 0. The highest BCUT2D eigenvalue weighted by Crippen LogP contribution is 2.14. The van der Waals surface area contributed by atoms with Gasteiger partial charge in [0.15, 0.2) is 0 Å². The Hall–Kier alpha value is -1.68. The molecule has 1 heterocycles. The molecule has 0 saturated heterocycles. The van der Waals surface area contributed by atoms with Crippen LogP contribution in [0.5, 0.6) is 0 Å². The molecule has 17 heavy (non-hydrogen) atoms. The van der Waals surface area contributed by atoms with Crippen molar-refractivity contribution in [1.29, 1.82) is 0 Å². The Morgan fingerprint density at radius 3 is 2.53 bits per heavy atom. The van der Waals surface area contributed by atoms with E-state index in [0.717, 1.165) is 10.9 Å². The summed E-state index contributed by atoms with van der Waals surface area (Å²) in [6, 6.07) is 11.3. The van der Waals surface area contributed by atoms with Crippen LogP contribution in [0.4, 0.5) is 0 Å². The summed E-state index contributed by atoms with van der Waals surface area (Å²) in [7, 11) is -1.86. The molecule has 4 heteroatoms. The van der Waals surface area contributed by atoms with Crippen LogP contribution in [0.2, 0.25) is 19.6 Å². The second-order valence-corrected chi connectivity index (χ2v) is 9.32. The highest BCUT2D eigenvalue weighted by molar-refractivity contribution is 6.71. The molecule has 0 aliphatic carbocycles. The van der Waals surface area contributed by atoms with Crippen LogP contribution in [-0.4, -0.2) is 19.3 Å². The maximum absolute atomic E-state index is 11.9. The van der Waals surface area contributed by atoms with E-state index in [9.17, 15) is 4.79 Å². The summed E-state index contributed by atoms with van der Waals surface area (Å²) in [6.45, 7) is 5.93. The monoisotopic (exact) mass is 245 g/mol. The fraction of sp³-hybridized carbons (Fsp3) is 0.231. The van der Waals surface area contributed by atoms with Crippen LogP contribution in [0.25, 0.3) is 10.9 Å². The number of para-hydroxylation sites is 1. The van der Waals surface area contributed by atoms with E-state index in [0.29, 0.717) is 5.69 Å². The van der Waals surface area contributed by atoms with Crippen LogP contribution in [0.1, 0.15) is 10.5 Å². The van der Waals surface area contributed by atoms with E-state index in [2.05, 4.69) is 4.98 Å². The van der Waals surface area contributed by atoms with Gasteiger partial charge in [0, 0.05) is 5.39 Å². The molecule has 0 aliphatic rings. The number of benzene rings is 1. The quantitative estimate of drug-likeness (QED) is 0.762. The smallest absolute Gasteiger partial charge is 0.343 e. The molecule has 1 aromatic carbocycles. The zero-order valence-corrected chi connectivity index (χ0v) is 11.2. The van der Waals surface area contributed by atoms with Gasteiger partial charge in [-0.3, -0.25) is 0 Å². The van der Waals surface area contributed by atoms with Crippen LogP contribution in [0.15, 0.2) is 36.4 Å². The maximum Gasteiger partial charge on any atom is 0.343 e. The van der Waals surface area contributed by atoms with E-state index in [1.54, 1.807) is 6.07 Å².